The van der Waals surface area contributed by atoms with E-state index >= 15 is 0 Å². The largest absolute Gasteiger partial charge is 0.460 e. The van der Waals surface area contributed by atoms with E-state index in [4.69, 9.17) is 0 Å². The Labute approximate surface area is 219 Å². The fourth-order valence-electron chi connectivity index (χ4n) is 3.41. The van der Waals surface area contributed by atoms with Crippen molar-refractivity contribution in [3.05, 3.63) is 68.3 Å². The molecule has 0 amide bonds. The van der Waals surface area contributed by atoms with Crippen molar-refractivity contribution in [1.82, 2.24) is 0 Å². The van der Waals surface area contributed by atoms with Gasteiger partial charge in [0.15, 0.2) is 0 Å². The number of rotatable bonds is 11. The van der Waals surface area contributed by atoms with E-state index in [1.165, 1.54) is 6.92 Å². The number of anilines is 2. The highest BCUT2D eigenvalue weighted by molar-refractivity contribution is 5.74. The molecule has 0 saturated heterocycles. The second-order valence-corrected chi connectivity index (χ2v) is 8.26. The van der Waals surface area contributed by atoms with Crippen molar-refractivity contribution in [1.29, 1.82) is 0 Å². The summed E-state index contributed by atoms with van der Waals surface area (Å²) >= 11 is 0. The molecule has 0 spiro atoms. The molecule has 2 aromatic rings. The van der Waals surface area contributed by atoms with Crippen LogP contribution in [0, 0.1) is 20.2 Å². The number of alkyl halides is 13. The second-order valence-electron chi connectivity index (χ2n) is 8.26. The maximum Gasteiger partial charge on any atom is 0.460 e. The molecule has 0 heterocycles. The van der Waals surface area contributed by atoms with Crippen LogP contribution in [0.2, 0.25) is 0 Å². The van der Waals surface area contributed by atoms with Gasteiger partial charge in [-0.2, -0.15) is 57.1 Å². The molecule has 0 N–H and O–H groups in total. The van der Waals surface area contributed by atoms with E-state index < -0.39 is 68.3 Å². The topological polar surface area (TPSA) is 89.5 Å². The molecule has 0 radical (unpaired) electrons. The lowest BCUT2D eigenvalue weighted by molar-refractivity contribution is -0.441. The Balaban J connectivity index is 2.60. The summed E-state index contributed by atoms with van der Waals surface area (Å²) in [5.41, 5.74) is -4.61. The molecule has 41 heavy (non-hydrogen) atoms. The van der Waals surface area contributed by atoms with E-state index in [0.29, 0.717) is 18.2 Å². The first kappa shape index (κ1) is 33.3. The van der Waals surface area contributed by atoms with Gasteiger partial charge in [0, 0.05) is 23.9 Å². The zero-order valence-corrected chi connectivity index (χ0v) is 19.8. The minimum Gasteiger partial charge on any atom is -0.336 e. The third kappa shape index (κ3) is 5.30. The Morgan fingerprint density at radius 3 is 1.59 bits per heavy atom. The summed E-state index contributed by atoms with van der Waals surface area (Å²) in [6.45, 7) is 1.29. The average Bonchev–Trinajstić information content (AvgIpc) is 2.85. The van der Waals surface area contributed by atoms with Crippen LogP contribution in [0.15, 0.2) is 42.5 Å². The van der Waals surface area contributed by atoms with Crippen LogP contribution in [0.25, 0.3) is 0 Å². The second kappa shape index (κ2) is 10.5. The van der Waals surface area contributed by atoms with Crippen LogP contribution in [0.4, 0.5) is 79.8 Å². The minimum absolute atomic E-state index is 0.0841. The predicted molar refractivity (Wildman–Crippen MR) is 113 cm³/mol. The first-order valence-corrected chi connectivity index (χ1v) is 10.7. The van der Waals surface area contributed by atoms with Crippen LogP contribution >= 0.6 is 0 Å². The Hall–Kier alpha value is -3.87. The van der Waals surface area contributed by atoms with Gasteiger partial charge >= 0.3 is 35.8 Å². The molecule has 2 aromatic carbocycles. The molecule has 228 valence electrons. The summed E-state index contributed by atoms with van der Waals surface area (Å²) in [6.07, 6.45) is -7.39. The number of nitro benzene ring substituents is 2. The van der Waals surface area contributed by atoms with E-state index in [0.717, 1.165) is 17.0 Å². The van der Waals surface area contributed by atoms with E-state index in [1.54, 1.807) is 0 Å². The molecule has 0 atom stereocenters. The van der Waals surface area contributed by atoms with Crippen LogP contribution in [-0.4, -0.2) is 46.3 Å². The molecule has 0 unspecified atom stereocenters. The Morgan fingerprint density at radius 2 is 1.17 bits per heavy atom. The van der Waals surface area contributed by atoms with Crippen LogP contribution in [0.1, 0.15) is 18.9 Å². The van der Waals surface area contributed by atoms with E-state index in [-0.39, 0.29) is 30.8 Å². The number of nitrogens with zero attached hydrogens (tertiary/aromatic N) is 3. The van der Waals surface area contributed by atoms with Crippen molar-refractivity contribution in [2.45, 2.75) is 49.1 Å². The fourth-order valence-corrected chi connectivity index (χ4v) is 3.41. The molecule has 0 aliphatic heterocycles. The zero-order chi connectivity index (χ0) is 32.0. The Kier molecular flexibility index (Phi) is 8.55. The molecule has 0 bridgehead atoms. The van der Waals surface area contributed by atoms with Crippen molar-refractivity contribution in [2.24, 2.45) is 0 Å². The van der Waals surface area contributed by atoms with Crippen LogP contribution < -0.4 is 4.90 Å². The van der Waals surface area contributed by atoms with Gasteiger partial charge < -0.3 is 4.90 Å². The van der Waals surface area contributed by atoms with Gasteiger partial charge in [-0.25, -0.2) is 0 Å². The molecular weight excluding hydrogens is 605 g/mol. The number of nitro groups is 2. The minimum atomic E-state index is -8.04. The number of non-ortho nitro benzene ring substituents is 1. The van der Waals surface area contributed by atoms with E-state index in [1.807, 2.05) is 0 Å². The number of halogens is 13. The summed E-state index contributed by atoms with van der Waals surface area (Å²) in [5.74, 6) is -37.9. The quantitative estimate of drug-likeness (QED) is 0.144. The van der Waals surface area contributed by atoms with E-state index in [2.05, 4.69) is 0 Å². The van der Waals surface area contributed by atoms with Gasteiger partial charge in [0.05, 0.1) is 15.9 Å². The molecule has 0 aliphatic carbocycles. The molecular formula is C21H14F13N3O4. The molecule has 0 aliphatic rings. The molecule has 2 rings (SSSR count). The number of hydrogen-bond acceptors (Lipinski definition) is 5. The van der Waals surface area contributed by atoms with Crippen LogP contribution in [0.3, 0.4) is 0 Å². The van der Waals surface area contributed by atoms with Gasteiger partial charge in [-0.1, -0.05) is 19.1 Å². The van der Waals surface area contributed by atoms with Gasteiger partial charge in [-0.3, -0.25) is 20.2 Å². The molecule has 7 nitrogen and oxygen atoms in total. The monoisotopic (exact) mass is 619 g/mol. The highest BCUT2D eigenvalue weighted by Crippen LogP contribution is 2.62. The zero-order valence-electron chi connectivity index (χ0n) is 19.8. The summed E-state index contributed by atoms with van der Waals surface area (Å²) in [6, 6.07) is 2.93. The number of benzene rings is 2. The predicted octanol–water partition coefficient (Wildman–Crippen LogP) is 8.25. The third-order valence-electron chi connectivity index (χ3n) is 5.58. The molecule has 0 fully saturated rings. The van der Waals surface area contributed by atoms with Gasteiger partial charge in [0.2, 0.25) is 0 Å². The van der Waals surface area contributed by atoms with Gasteiger partial charge in [-0.05, 0) is 24.6 Å². The fraction of sp³-hybridized carbons (Fsp3) is 0.429. The first-order valence-electron chi connectivity index (χ1n) is 10.7. The SMILES string of the molecule is CCCN(c1ccc(C(F)(F)C(F)(F)C(F)(F)C(F)(F)C(F)(F)C(F)(F)F)cc1)c1ccc([N+](=O)[O-])cc1[N+](=O)[O-]. The van der Waals surface area contributed by atoms with Crippen LogP contribution in [0.5, 0.6) is 0 Å². The lowest BCUT2D eigenvalue weighted by Gasteiger charge is -2.39. The van der Waals surface area contributed by atoms with E-state index in [9.17, 15) is 77.3 Å². The highest BCUT2D eigenvalue weighted by Gasteiger charge is 2.90. The van der Waals surface area contributed by atoms with Crippen molar-refractivity contribution >= 4 is 22.7 Å². The standard InChI is InChI=1S/C21H14F13N3O4/c1-2-9-35(14-8-7-13(36(38)39)10-15(14)37(40)41)12-5-3-11(4-6-12)16(22,23)17(24,25)18(26,27)19(28,29)20(30,31)21(32,33)34/h3-8,10H,2,9H2,1H3. The van der Waals surface area contributed by atoms with Gasteiger partial charge in [0.1, 0.15) is 5.69 Å². The molecule has 20 heteroatoms. The lowest BCUT2D eigenvalue weighted by Crippen LogP contribution is -2.69. The summed E-state index contributed by atoms with van der Waals surface area (Å²) in [4.78, 5) is 21.3. The van der Waals surface area contributed by atoms with Crippen molar-refractivity contribution in [3.8, 4) is 0 Å². The maximum absolute atomic E-state index is 14.5. The lowest BCUT2D eigenvalue weighted by atomic mass is 9.90. The van der Waals surface area contributed by atoms with Gasteiger partial charge in [0.25, 0.3) is 11.4 Å². The van der Waals surface area contributed by atoms with Crippen LogP contribution in [-0.2, 0) is 5.92 Å². The maximum atomic E-state index is 14.5. The molecule has 0 aromatic heterocycles. The van der Waals surface area contributed by atoms with Crippen molar-refractivity contribution < 1.29 is 66.9 Å². The first-order chi connectivity index (χ1) is 18.4. The Bertz CT molecular complexity index is 1300. The Morgan fingerprint density at radius 1 is 0.683 bits per heavy atom. The number of hydrogen-bond donors (Lipinski definition) is 0. The highest BCUT2D eigenvalue weighted by atomic mass is 19.4. The smallest absolute Gasteiger partial charge is 0.336 e. The van der Waals surface area contributed by atoms with Crippen molar-refractivity contribution in [3.63, 3.8) is 0 Å². The van der Waals surface area contributed by atoms with Crippen molar-refractivity contribution in [2.75, 3.05) is 11.4 Å². The average molecular weight is 619 g/mol. The summed E-state index contributed by atoms with van der Waals surface area (Å²) in [5, 5.41) is 22.4. The summed E-state index contributed by atoms with van der Waals surface area (Å²) in [7, 11) is 0. The van der Waals surface area contributed by atoms with Gasteiger partial charge in [-0.15, -0.1) is 0 Å². The molecule has 0 saturated carbocycles. The normalized spacial score (nSPS) is 13.7. The summed E-state index contributed by atoms with van der Waals surface area (Å²) < 4.78 is 175. The third-order valence-corrected chi connectivity index (χ3v) is 5.58.